The molecule has 2 aromatic carbocycles. The Morgan fingerprint density at radius 1 is 0.944 bits per heavy atom. The molecule has 0 saturated carbocycles. The molecule has 94 valence electrons. The molecule has 1 N–H and O–H groups in total. The average Bonchev–Trinajstić information content (AvgIpc) is 2.31. The molecule has 0 aromatic heterocycles. The summed E-state index contributed by atoms with van der Waals surface area (Å²) >= 11 is 4.23. The fourth-order valence-corrected chi connectivity index (χ4v) is 1.72. The van der Waals surface area contributed by atoms with E-state index >= 15 is 0 Å². The minimum absolute atomic E-state index is 0.381. The number of hydrogen-bond acceptors (Lipinski definition) is 2. The van der Waals surface area contributed by atoms with Gasteiger partial charge in [0.2, 0.25) is 0 Å². The molecule has 0 aliphatic heterocycles. The van der Waals surface area contributed by atoms with Gasteiger partial charge in [0, 0.05) is 10.6 Å². The second-order valence-corrected chi connectivity index (χ2v) is 4.20. The van der Waals surface area contributed by atoms with Crippen LogP contribution in [0.4, 0.5) is 24.5 Å². The highest BCUT2D eigenvalue weighted by molar-refractivity contribution is 7.80. The molecule has 0 spiro atoms. The lowest BCUT2D eigenvalue weighted by Gasteiger charge is -2.11. The molecule has 0 saturated heterocycles. The van der Waals surface area contributed by atoms with Crippen molar-refractivity contribution in [3.05, 3.63) is 54.1 Å². The molecule has 0 unspecified atom stereocenters. The molecule has 0 amide bonds. The first kappa shape index (κ1) is 12.8. The molecule has 18 heavy (non-hydrogen) atoms. The van der Waals surface area contributed by atoms with Crippen LogP contribution in [0.15, 0.2) is 53.4 Å². The predicted octanol–water partition coefficient (Wildman–Crippen LogP) is 4.74. The van der Waals surface area contributed by atoms with Crippen LogP contribution in [0, 0.1) is 0 Å². The number of alkyl halides is 3. The van der Waals surface area contributed by atoms with Gasteiger partial charge in [0.1, 0.15) is 0 Å². The van der Waals surface area contributed by atoms with E-state index in [1.807, 2.05) is 0 Å². The number of hydrogen-bond donors (Lipinski definition) is 2. The highest BCUT2D eigenvalue weighted by Gasteiger charge is 2.30. The normalized spacial score (nSPS) is 11.3. The minimum Gasteiger partial charge on any atom is -0.355 e. The lowest BCUT2D eigenvalue weighted by molar-refractivity contribution is -0.137. The van der Waals surface area contributed by atoms with Crippen LogP contribution in [0.1, 0.15) is 5.56 Å². The average molecular weight is 269 g/mol. The van der Waals surface area contributed by atoms with Gasteiger partial charge in [-0.2, -0.15) is 13.2 Å². The number of nitrogens with one attached hydrogen (secondary N) is 1. The monoisotopic (exact) mass is 269 g/mol. The van der Waals surface area contributed by atoms with Crippen LogP contribution in [0.2, 0.25) is 0 Å². The van der Waals surface area contributed by atoms with Gasteiger partial charge in [0.05, 0.1) is 11.3 Å². The Labute approximate surface area is 108 Å². The standard InChI is InChI=1S/C13H10F3NS/c14-13(15,16)9-4-3-5-10(8-9)17-11-6-1-2-7-12(11)18/h1-8,17-18H. The van der Waals surface area contributed by atoms with Gasteiger partial charge in [0.15, 0.2) is 0 Å². The van der Waals surface area contributed by atoms with Crippen molar-refractivity contribution in [2.45, 2.75) is 11.1 Å². The Balaban J connectivity index is 2.28. The van der Waals surface area contributed by atoms with E-state index in [2.05, 4.69) is 17.9 Å². The number of benzene rings is 2. The Morgan fingerprint density at radius 2 is 1.67 bits per heavy atom. The van der Waals surface area contributed by atoms with Crippen molar-refractivity contribution in [1.82, 2.24) is 0 Å². The zero-order chi connectivity index (χ0) is 13.2. The first-order chi connectivity index (χ1) is 8.47. The molecule has 5 heteroatoms. The summed E-state index contributed by atoms with van der Waals surface area (Å²) in [5.74, 6) is 0. The SMILES string of the molecule is FC(F)(F)c1cccc(Nc2ccccc2S)c1. The molecule has 2 rings (SSSR count). The smallest absolute Gasteiger partial charge is 0.355 e. The lowest BCUT2D eigenvalue weighted by Crippen LogP contribution is -2.05. The summed E-state index contributed by atoms with van der Waals surface area (Å²) in [5, 5.41) is 2.91. The molecular weight excluding hydrogens is 259 g/mol. The summed E-state index contributed by atoms with van der Waals surface area (Å²) in [7, 11) is 0. The van der Waals surface area contributed by atoms with Crippen LogP contribution in [-0.2, 0) is 6.18 Å². The van der Waals surface area contributed by atoms with Crippen LogP contribution < -0.4 is 5.32 Å². The molecule has 0 aliphatic carbocycles. The first-order valence-electron chi connectivity index (χ1n) is 5.19. The molecule has 1 nitrogen and oxygen atoms in total. The summed E-state index contributed by atoms with van der Waals surface area (Å²) in [6.45, 7) is 0. The maximum Gasteiger partial charge on any atom is 0.416 e. The van der Waals surface area contributed by atoms with Crippen LogP contribution in [-0.4, -0.2) is 0 Å². The summed E-state index contributed by atoms with van der Waals surface area (Å²) in [4.78, 5) is 0.676. The zero-order valence-corrected chi connectivity index (χ0v) is 10.1. The third kappa shape index (κ3) is 2.98. The van der Waals surface area contributed by atoms with Crippen LogP contribution in [0.3, 0.4) is 0 Å². The third-order valence-corrected chi connectivity index (χ3v) is 2.76. The fraction of sp³-hybridized carbons (Fsp3) is 0.0769. The molecule has 0 fully saturated rings. The first-order valence-corrected chi connectivity index (χ1v) is 5.64. The summed E-state index contributed by atoms with van der Waals surface area (Å²) in [5.41, 5.74) is 0.371. The maximum absolute atomic E-state index is 12.5. The minimum atomic E-state index is -4.34. The highest BCUT2D eigenvalue weighted by Crippen LogP contribution is 2.32. The second kappa shape index (κ2) is 4.94. The van der Waals surface area contributed by atoms with Crippen molar-refractivity contribution < 1.29 is 13.2 Å². The van der Waals surface area contributed by atoms with Crippen LogP contribution >= 0.6 is 12.6 Å². The quantitative estimate of drug-likeness (QED) is 0.750. The van der Waals surface area contributed by atoms with Gasteiger partial charge in [0.25, 0.3) is 0 Å². The zero-order valence-electron chi connectivity index (χ0n) is 9.20. The van der Waals surface area contributed by atoms with Crippen molar-refractivity contribution in [3.8, 4) is 0 Å². The van der Waals surface area contributed by atoms with Gasteiger partial charge in [-0.15, -0.1) is 12.6 Å². The van der Waals surface area contributed by atoms with E-state index in [0.29, 0.717) is 16.3 Å². The van der Waals surface area contributed by atoms with Gasteiger partial charge in [-0.05, 0) is 30.3 Å². The van der Waals surface area contributed by atoms with E-state index in [1.165, 1.54) is 6.07 Å². The van der Waals surface area contributed by atoms with Gasteiger partial charge in [-0.1, -0.05) is 18.2 Å². The van der Waals surface area contributed by atoms with E-state index in [0.717, 1.165) is 12.1 Å². The molecule has 0 heterocycles. The van der Waals surface area contributed by atoms with E-state index in [1.54, 1.807) is 30.3 Å². The van der Waals surface area contributed by atoms with Gasteiger partial charge >= 0.3 is 6.18 Å². The molecular formula is C13H10F3NS. The molecule has 2 aromatic rings. The maximum atomic E-state index is 12.5. The van der Waals surface area contributed by atoms with Crippen molar-refractivity contribution >= 4 is 24.0 Å². The molecule has 0 atom stereocenters. The van der Waals surface area contributed by atoms with Crippen LogP contribution in [0.25, 0.3) is 0 Å². The number of thiol groups is 1. The number of anilines is 2. The number of halogens is 3. The van der Waals surface area contributed by atoms with Crippen LogP contribution in [0.5, 0.6) is 0 Å². The van der Waals surface area contributed by atoms with Gasteiger partial charge < -0.3 is 5.32 Å². The van der Waals surface area contributed by atoms with E-state index in [-0.39, 0.29) is 0 Å². The third-order valence-electron chi connectivity index (χ3n) is 2.37. The van der Waals surface area contributed by atoms with Crippen molar-refractivity contribution in [2.24, 2.45) is 0 Å². The Bertz CT molecular complexity index is 552. The van der Waals surface area contributed by atoms with Crippen molar-refractivity contribution in [1.29, 1.82) is 0 Å². The van der Waals surface area contributed by atoms with Gasteiger partial charge in [-0.25, -0.2) is 0 Å². The predicted molar refractivity (Wildman–Crippen MR) is 68.4 cm³/mol. The number of rotatable bonds is 2. The highest BCUT2D eigenvalue weighted by atomic mass is 32.1. The molecule has 0 bridgehead atoms. The van der Waals surface area contributed by atoms with E-state index in [4.69, 9.17) is 0 Å². The van der Waals surface area contributed by atoms with Crippen molar-refractivity contribution in [3.63, 3.8) is 0 Å². The second-order valence-electron chi connectivity index (χ2n) is 3.72. The van der Waals surface area contributed by atoms with E-state index in [9.17, 15) is 13.2 Å². The molecule has 0 radical (unpaired) electrons. The van der Waals surface area contributed by atoms with E-state index < -0.39 is 11.7 Å². The topological polar surface area (TPSA) is 12.0 Å². The fourth-order valence-electron chi connectivity index (χ4n) is 1.51. The lowest BCUT2D eigenvalue weighted by atomic mass is 10.2. The van der Waals surface area contributed by atoms with Gasteiger partial charge in [-0.3, -0.25) is 0 Å². The Hall–Kier alpha value is -1.62. The Morgan fingerprint density at radius 3 is 2.33 bits per heavy atom. The molecule has 0 aliphatic rings. The summed E-state index contributed by atoms with van der Waals surface area (Å²) in [6.07, 6.45) is -4.34. The largest absolute Gasteiger partial charge is 0.416 e. The summed E-state index contributed by atoms with van der Waals surface area (Å²) < 4.78 is 37.6. The number of para-hydroxylation sites is 1. The summed E-state index contributed by atoms with van der Waals surface area (Å²) in [6, 6.07) is 12.2. The Kier molecular flexibility index (Phi) is 3.52. The van der Waals surface area contributed by atoms with Crippen molar-refractivity contribution in [2.75, 3.05) is 5.32 Å².